The van der Waals surface area contributed by atoms with Gasteiger partial charge in [0.2, 0.25) is 11.8 Å². The smallest absolute Gasteiger partial charge is 0.328 e. The number of hydrogen-bond acceptors (Lipinski definition) is 9. The maximum Gasteiger partial charge on any atom is 0.328 e. The molecule has 12 nitrogen and oxygen atoms in total. The van der Waals surface area contributed by atoms with Crippen molar-refractivity contribution in [2.24, 2.45) is 17.4 Å². The molecular formula is C31H43N5O7S. The van der Waals surface area contributed by atoms with E-state index < -0.39 is 60.4 Å². The number of carboxylic acids is 1. The minimum Gasteiger partial charge on any atom is -0.480 e. The number of nitrogens with two attached hydrogens (primary N) is 2. The quantitative estimate of drug-likeness (QED) is 0.106. The Morgan fingerprint density at radius 1 is 1.02 bits per heavy atom. The van der Waals surface area contributed by atoms with Gasteiger partial charge in [-0.1, -0.05) is 80.9 Å². The van der Waals surface area contributed by atoms with Crippen LogP contribution in [0.4, 0.5) is 0 Å². The number of hydrogen-bond donors (Lipinski definition) is 5. The van der Waals surface area contributed by atoms with Crippen molar-refractivity contribution in [3.63, 3.8) is 0 Å². The molecule has 0 fully saturated rings. The Hall–Kier alpha value is -3.78. The van der Waals surface area contributed by atoms with Crippen LogP contribution in [-0.2, 0) is 41.1 Å². The molecule has 13 heteroatoms. The van der Waals surface area contributed by atoms with E-state index in [2.05, 4.69) is 10.7 Å². The number of nitrogens with one attached hydrogen (secondary N) is 2. The van der Waals surface area contributed by atoms with Gasteiger partial charge in [-0.05, 0) is 24.0 Å². The number of ether oxygens (including phenoxy) is 1. The molecule has 0 spiro atoms. The lowest BCUT2D eigenvalue weighted by Crippen LogP contribution is -2.65. The highest BCUT2D eigenvalue weighted by atomic mass is 32.2. The fourth-order valence-electron chi connectivity index (χ4n) is 4.14. The number of aliphatic carboxylic acids is 1. The van der Waals surface area contributed by atoms with Gasteiger partial charge in [0.15, 0.2) is 6.04 Å². The third kappa shape index (κ3) is 11.7. The van der Waals surface area contributed by atoms with E-state index in [4.69, 9.17) is 16.2 Å². The zero-order chi connectivity index (χ0) is 32.6. The van der Waals surface area contributed by atoms with E-state index in [1.807, 2.05) is 67.6 Å². The molecule has 0 radical (unpaired) electrons. The summed E-state index contributed by atoms with van der Waals surface area (Å²) in [4.78, 5) is 63.6. The number of carbonyl (C=O) groups is 5. The Kier molecular flexibility index (Phi) is 15.5. The van der Waals surface area contributed by atoms with Gasteiger partial charge in [-0.3, -0.25) is 19.4 Å². The Labute approximate surface area is 262 Å². The van der Waals surface area contributed by atoms with Gasteiger partial charge < -0.3 is 31.4 Å². The van der Waals surface area contributed by atoms with Crippen molar-refractivity contribution in [2.75, 3.05) is 5.75 Å². The summed E-state index contributed by atoms with van der Waals surface area (Å²) in [5.74, 6) is -3.59. The van der Waals surface area contributed by atoms with Gasteiger partial charge in [0.25, 0.3) is 5.91 Å². The number of hydrazine groups is 1. The number of thioether (sulfide) groups is 1. The van der Waals surface area contributed by atoms with Crippen LogP contribution in [0, 0.1) is 5.92 Å². The van der Waals surface area contributed by atoms with Crippen LogP contribution >= 0.6 is 11.8 Å². The second-order valence-corrected chi connectivity index (χ2v) is 11.5. The molecule has 7 N–H and O–H groups in total. The molecule has 0 bridgehead atoms. The monoisotopic (exact) mass is 629 g/mol. The molecule has 2 rings (SSSR count). The van der Waals surface area contributed by atoms with Crippen molar-refractivity contribution in [1.82, 2.24) is 15.8 Å². The van der Waals surface area contributed by atoms with E-state index in [1.54, 1.807) is 13.8 Å². The first-order valence-corrected chi connectivity index (χ1v) is 15.5. The number of amides is 3. The Balaban J connectivity index is 2.39. The first kappa shape index (κ1) is 36.4. The average Bonchev–Trinajstić information content (AvgIpc) is 3.02. The largest absolute Gasteiger partial charge is 0.480 e. The molecule has 0 heterocycles. The van der Waals surface area contributed by atoms with Crippen LogP contribution in [0.5, 0.6) is 0 Å². The number of rotatable bonds is 20. The molecule has 0 aromatic heterocycles. The Bertz CT molecular complexity index is 1220. The zero-order valence-electron chi connectivity index (χ0n) is 25.3. The summed E-state index contributed by atoms with van der Waals surface area (Å²) < 4.78 is 5.95. The predicted octanol–water partition coefficient (Wildman–Crippen LogP) is 1.61. The molecule has 0 unspecified atom stereocenters. The lowest BCUT2D eigenvalue weighted by Gasteiger charge is -2.36. The molecule has 0 aliphatic heterocycles. The van der Waals surface area contributed by atoms with Crippen LogP contribution in [0.1, 0.15) is 44.7 Å². The van der Waals surface area contributed by atoms with E-state index in [0.717, 1.165) is 11.1 Å². The lowest BCUT2D eigenvalue weighted by molar-refractivity contribution is -0.159. The SMILES string of the molecule is CC[C@H](C)[C@H](N)C(=O)N[C@H](C(=O)N(N[C@H](C=O)CSCc1ccccc1)[C@@H](CC(N)=O)C(=O)O)[C@@H](C)OCc1ccccc1. The molecule has 0 aliphatic carbocycles. The van der Waals surface area contributed by atoms with Crippen molar-refractivity contribution in [2.45, 2.75) is 76.2 Å². The van der Waals surface area contributed by atoms with Gasteiger partial charge in [-0.2, -0.15) is 11.8 Å². The first-order valence-electron chi connectivity index (χ1n) is 14.4. The Morgan fingerprint density at radius 2 is 1.61 bits per heavy atom. The van der Waals surface area contributed by atoms with Crippen LogP contribution < -0.4 is 22.2 Å². The fourth-order valence-corrected chi connectivity index (χ4v) is 5.09. The minimum atomic E-state index is -1.79. The van der Waals surface area contributed by atoms with Crippen LogP contribution in [0.2, 0.25) is 0 Å². The summed E-state index contributed by atoms with van der Waals surface area (Å²) in [7, 11) is 0. The normalized spacial score (nSPS) is 15.2. The molecule has 3 amide bonds. The highest BCUT2D eigenvalue weighted by molar-refractivity contribution is 7.98. The summed E-state index contributed by atoms with van der Waals surface area (Å²) in [5.41, 5.74) is 16.0. The zero-order valence-corrected chi connectivity index (χ0v) is 26.1. The van der Waals surface area contributed by atoms with Gasteiger partial charge in [-0.25, -0.2) is 10.2 Å². The molecule has 0 saturated carbocycles. The molecule has 0 aliphatic rings. The van der Waals surface area contributed by atoms with Crippen molar-refractivity contribution in [3.8, 4) is 0 Å². The van der Waals surface area contributed by atoms with Crippen LogP contribution in [0.25, 0.3) is 0 Å². The van der Waals surface area contributed by atoms with Crippen molar-refractivity contribution in [3.05, 3.63) is 71.8 Å². The fraction of sp³-hybridized carbons (Fsp3) is 0.452. The molecule has 2 aromatic rings. The molecule has 240 valence electrons. The van der Waals surface area contributed by atoms with E-state index in [1.165, 1.54) is 11.8 Å². The third-order valence-corrected chi connectivity index (χ3v) is 8.19. The van der Waals surface area contributed by atoms with Crippen molar-refractivity contribution < 1.29 is 33.8 Å². The van der Waals surface area contributed by atoms with Gasteiger partial charge in [0.1, 0.15) is 12.3 Å². The summed E-state index contributed by atoms with van der Waals surface area (Å²) in [6.07, 6.45) is -0.584. The van der Waals surface area contributed by atoms with E-state index in [-0.39, 0.29) is 18.3 Å². The highest BCUT2D eigenvalue weighted by Gasteiger charge is 2.40. The summed E-state index contributed by atoms with van der Waals surface area (Å²) >= 11 is 1.39. The number of primary amides is 1. The summed E-state index contributed by atoms with van der Waals surface area (Å²) in [6.45, 7) is 5.30. The summed E-state index contributed by atoms with van der Waals surface area (Å²) in [5, 5.41) is 13.3. The third-order valence-electron chi connectivity index (χ3n) is 7.06. The average molecular weight is 630 g/mol. The lowest BCUT2D eigenvalue weighted by atomic mass is 9.98. The molecular weight excluding hydrogens is 586 g/mol. The van der Waals surface area contributed by atoms with Gasteiger partial charge in [0, 0.05) is 11.5 Å². The maximum atomic E-state index is 14.2. The number of carbonyl (C=O) groups excluding carboxylic acids is 4. The van der Waals surface area contributed by atoms with Crippen LogP contribution in [0.15, 0.2) is 60.7 Å². The predicted molar refractivity (Wildman–Crippen MR) is 168 cm³/mol. The van der Waals surface area contributed by atoms with Crippen molar-refractivity contribution >= 4 is 41.7 Å². The Morgan fingerprint density at radius 3 is 2.14 bits per heavy atom. The van der Waals surface area contributed by atoms with Crippen LogP contribution in [-0.4, -0.2) is 76.1 Å². The van der Waals surface area contributed by atoms with Gasteiger partial charge in [-0.15, -0.1) is 0 Å². The standard InChI is InChI=1S/C31H43N5O7S/c1-4-20(2)27(33)29(39)34-28(21(3)43-17-22-11-7-5-8-12-22)30(40)36(25(31(41)42)15-26(32)38)35-24(16-37)19-44-18-23-13-9-6-10-14-23/h5-14,16,20-21,24-25,27-28,35H,4,15,17-19,33H2,1-3H3,(H2,32,38)(H,34,39)(H,41,42)/t20-,21+,24+,25-,27-,28-/m0/s1. The molecule has 44 heavy (non-hydrogen) atoms. The van der Waals surface area contributed by atoms with Gasteiger partial charge in [0.05, 0.1) is 31.2 Å². The number of nitrogens with zero attached hydrogens (tertiary/aromatic N) is 1. The van der Waals surface area contributed by atoms with Crippen LogP contribution in [0.3, 0.4) is 0 Å². The summed E-state index contributed by atoms with van der Waals surface area (Å²) in [6, 6.07) is 13.4. The number of aldehydes is 1. The van der Waals surface area contributed by atoms with Gasteiger partial charge >= 0.3 is 5.97 Å². The molecule has 2 aromatic carbocycles. The molecule has 6 atom stereocenters. The van der Waals surface area contributed by atoms with E-state index in [0.29, 0.717) is 23.5 Å². The molecule has 0 saturated heterocycles. The minimum absolute atomic E-state index is 0.0865. The van der Waals surface area contributed by atoms with E-state index >= 15 is 0 Å². The van der Waals surface area contributed by atoms with Crippen molar-refractivity contribution in [1.29, 1.82) is 0 Å². The highest BCUT2D eigenvalue weighted by Crippen LogP contribution is 2.16. The van der Waals surface area contributed by atoms with E-state index in [9.17, 15) is 29.1 Å². The number of benzene rings is 2. The maximum absolute atomic E-state index is 14.2. The number of carboxylic acid groups (broad SMARTS) is 1. The first-order chi connectivity index (χ1) is 21.0. The second kappa shape index (κ2) is 18.8. The second-order valence-electron chi connectivity index (χ2n) is 10.5. The topological polar surface area (TPSA) is 194 Å².